The highest BCUT2D eigenvalue weighted by atomic mass is 19.4. The fourth-order valence-corrected chi connectivity index (χ4v) is 6.14. The largest absolute Gasteiger partial charge is 0.573 e. The summed E-state index contributed by atoms with van der Waals surface area (Å²) in [4.78, 5) is 0. The summed E-state index contributed by atoms with van der Waals surface area (Å²) >= 11 is 0. The fraction of sp³-hybridized carbons (Fsp3) is 0.0541. The summed E-state index contributed by atoms with van der Waals surface area (Å²) in [6.07, 6.45) is -10.4. The smallest absolute Gasteiger partial charge is 0.404 e. The van der Waals surface area contributed by atoms with E-state index in [9.17, 15) is 73.7 Å². The van der Waals surface area contributed by atoms with Crippen LogP contribution in [-0.2, 0) is 6.18 Å². The van der Waals surface area contributed by atoms with E-state index in [0.717, 1.165) is 24.3 Å². The number of hydrogen-bond donors (Lipinski definition) is 0. The first-order valence-corrected chi connectivity index (χ1v) is 14.2. The molecule has 0 bridgehead atoms. The average Bonchev–Trinajstić information content (AvgIpc) is 3.66. The Bertz CT molecular complexity index is 2800. The Morgan fingerprint density at radius 3 is 1.39 bits per heavy atom. The number of allylic oxidation sites excluding steroid dienone is 8. The lowest BCUT2D eigenvalue weighted by Crippen LogP contribution is -2.17. The molecule has 254 valence electrons. The zero-order valence-electron chi connectivity index (χ0n) is 26.0. The summed E-state index contributed by atoms with van der Waals surface area (Å²) < 4.78 is 102. The van der Waals surface area contributed by atoms with E-state index in [0.29, 0.717) is 12.1 Å². The van der Waals surface area contributed by atoms with Gasteiger partial charge in [-0.2, -0.15) is 60.5 Å². The minimum Gasteiger partial charge on any atom is -0.404 e. The number of hydrogen-bond acceptors (Lipinski definition) is 10. The van der Waals surface area contributed by atoms with E-state index in [1.54, 1.807) is 18.2 Å². The molecule has 10 nitrogen and oxygen atoms in total. The van der Waals surface area contributed by atoms with E-state index in [1.165, 1.54) is 36.4 Å². The maximum atomic E-state index is 17.2. The average molecular weight is 726 g/mol. The molecule has 2 aliphatic rings. The van der Waals surface area contributed by atoms with Crippen LogP contribution in [0.5, 0.6) is 5.75 Å². The van der Waals surface area contributed by atoms with Gasteiger partial charge in [-0.15, -0.1) is 13.2 Å². The van der Waals surface area contributed by atoms with Crippen molar-refractivity contribution < 1.29 is 35.5 Å². The second-order valence-corrected chi connectivity index (χ2v) is 10.7. The number of rotatable bonds is 3. The quantitative estimate of drug-likeness (QED) is 0.188. The first-order valence-electron chi connectivity index (χ1n) is 14.2. The molecule has 0 radical (unpaired) electrons. The molecule has 0 saturated heterocycles. The Morgan fingerprint density at radius 1 is 0.537 bits per heavy atom. The standard InChI is InChI=1S/C37H6F7N9O/c38-35-33-22(13-51)27(16-3-4-26(19(5-16)8-46)54-37(42,43)44)29(20(9-47)10-48)31(33)24(15-53)32-30(21(11-49)12-50)28(23(14-52)34(32)35)17-1-2-18(7-45)25(6-17)36(39,40)41/h1-6H. The van der Waals surface area contributed by atoms with E-state index in [-0.39, 0.29) is 5.56 Å². The molecular formula is C37H6F7N9O. The summed E-state index contributed by atoms with van der Waals surface area (Å²) in [6.45, 7) is 0. The lowest BCUT2D eigenvalue weighted by atomic mass is 9.84. The molecule has 0 unspecified atom stereocenters. The molecule has 0 spiro atoms. The minimum absolute atomic E-state index is 0.352. The van der Waals surface area contributed by atoms with Crippen molar-refractivity contribution in [1.82, 2.24) is 0 Å². The van der Waals surface area contributed by atoms with Gasteiger partial charge in [-0.3, -0.25) is 0 Å². The molecule has 2 aliphatic carbocycles. The lowest BCUT2D eigenvalue weighted by Gasteiger charge is -2.16. The molecule has 5 rings (SSSR count). The maximum Gasteiger partial charge on any atom is 0.573 e. The van der Waals surface area contributed by atoms with Gasteiger partial charge >= 0.3 is 12.5 Å². The molecule has 3 aromatic rings. The third-order valence-electron chi connectivity index (χ3n) is 8.07. The summed E-state index contributed by atoms with van der Waals surface area (Å²) in [5.41, 5.74) is -13.9. The van der Waals surface area contributed by atoms with Crippen LogP contribution in [0.1, 0.15) is 55.6 Å². The highest BCUT2D eigenvalue weighted by Gasteiger charge is 2.45. The summed E-state index contributed by atoms with van der Waals surface area (Å²) in [7, 11) is 0. The Hall–Kier alpha value is -8.66. The van der Waals surface area contributed by atoms with Crippen LogP contribution >= 0.6 is 0 Å². The Balaban J connectivity index is 2.02. The molecule has 0 N–H and O–H groups in total. The van der Waals surface area contributed by atoms with E-state index in [2.05, 4.69) is 4.74 Å². The third-order valence-corrected chi connectivity index (χ3v) is 8.07. The van der Waals surface area contributed by atoms with Gasteiger partial charge in [0.15, 0.2) is 0 Å². The molecular weight excluding hydrogens is 719 g/mol. The van der Waals surface area contributed by atoms with Gasteiger partial charge in [0.05, 0.1) is 39.5 Å². The Kier molecular flexibility index (Phi) is 8.97. The normalized spacial score (nSPS) is 12.7. The first kappa shape index (κ1) is 36.6. The van der Waals surface area contributed by atoms with Gasteiger partial charge in [-0.25, -0.2) is 4.39 Å². The Labute approximate surface area is 298 Å². The van der Waals surface area contributed by atoms with Gasteiger partial charge in [-0.05, 0) is 35.4 Å². The molecule has 17 heteroatoms. The van der Waals surface area contributed by atoms with Crippen molar-refractivity contribution in [3.63, 3.8) is 0 Å². The molecule has 0 aliphatic heterocycles. The van der Waals surface area contributed by atoms with Gasteiger partial charge in [0.25, 0.3) is 0 Å². The van der Waals surface area contributed by atoms with Crippen molar-refractivity contribution in [2.75, 3.05) is 0 Å². The molecule has 0 fully saturated rings. The van der Waals surface area contributed by atoms with E-state index in [1.807, 2.05) is 0 Å². The highest BCUT2D eigenvalue weighted by Crippen LogP contribution is 2.58. The fourth-order valence-electron chi connectivity index (χ4n) is 6.14. The van der Waals surface area contributed by atoms with Crippen LogP contribution in [-0.4, -0.2) is 6.36 Å². The third kappa shape index (κ3) is 5.55. The van der Waals surface area contributed by atoms with Gasteiger partial charge in [0.1, 0.15) is 71.3 Å². The number of nitrogens with zero attached hydrogens (tertiary/aromatic N) is 9. The molecule has 0 atom stereocenters. The van der Waals surface area contributed by atoms with Crippen molar-refractivity contribution in [3.05, 3.63) is 109 Å². The zero-order valence-corrected chi connectivity index (χ0v) is 26.0. The van der Waals surface area contributed by atoms with Gasteiger partial charge < -0.3 is 4.74 Å². The molecule has 54 heavy (non-hydrogen) atoms. The van der Waals surface area contributed by atoms with Crippen molar-refractivity contribution in [1.29, 1.82) is 47.4 Å². The number of fused-ring (bicyclic) bond motifs is 2. The lowest BCUT2D eigenvalue weighted by molar-refractivity contribution is -0.274. The number of nitriles is 9. The predicted octanol–water partition coefficient (Wildman–Crippen LogP) is 7.86. The van der Waals surface area contributed by atoms with Gasteiger partial charge in [0, 0.05) is 44.5 Å². The number of ether oxygens (including phenoxy) is 1. The van der Waals surface area contributed by atoms with Crippen molar-refractivity contribution in [3.8, 4) is 60.4 Å². The zero-order chi connectivity index (χ0) is 39.9. The minimum atomic E-state index is -5.26. The first-order chi connectivity index (χ1) is 25.6. The van der Waals surface area contributed by atoms with Crippen LogP contribution in [0.15, 0.2) is 47.5 Å². The van der Waals surface area contributed by atoms with Crippen LogP contribution in [0.2, 0.25) is 0 Å². The van der Waals surface area contributed by atoms with E-state index < -0.39 is 119 Å². The molecule has 3 aromatic carbocycles. The number of halogens is 7. The van der Waals surface area contributed by atoms with Crippen molar-refractivity contribution in [2.24, 2.45) is 0 Å². The topological polar surface area (TPSA) is 223 Å². The van der Waals surface area contributed by atoms with Crippen LogP contribution in [0.3, 0.4) is 0 Å². The van der Waals surface area contributed by atoms with Crippen LogP contribution in [0.25, 0.3) is 33.4 Å². The van der Waals surface area contributed by atoms with Gasteiger partial charge in [-0.1, -0.05) is 12.1 Å². The number of alkyl halides is 6. The number of benzene rings is 3. The van der Waals surface area contributed by atoms with Crippen LogP contribution < -0.4 is 4.74 Å². The molecule has 0 heterocycles. The van der Waals surface area contributed by atoms with Gasteiger partial charge in [0.2, 0.25) is 0 Å². The van der Waals surface area contributed by atoms with E-state index in [4.69, 9.17) is 0 Å². The Morgan fingerprint density at radius 2 is 1.00 bits per heavy atom. The second kappa shape index (κ2) is 13.2. The summed E-state index contributed by atoms with van der Waals surface area (Å²) in [6, 6.07) is 18.2. The maximum absolute atomic E-state index is 17.2. The molecule has 0 aromatic heterocycles. The molecule has 0 amide bonds. The van der Waals surface area contributed by atoms with E-state index >= 15 is 4.39 Å². The van der Waals surface area contributed by atoms with Crippen LogP contribution in [0.4, 0.5) is 30.7 Å². The summed E-state index contributed by atoms with van der Waals surface area (Å²) in [5.74, 6) is -2.54. The van der Waals surface area contributed by atoms with Crippen molar-refractivity contribution in [2.45, 2.75) is 12.5 Å². The monoisotopic (exact) mass is 725 g/mol. The SMILES string of the molecule is N#CC(C#N)=C1C(c2ccc(OC(F)(F)F)c(C#N)c2)=C(C#N)c2c(F)c3c(c(C#N)c21)C(=C(C#N)C#N)C(c1ccc(C#N)c(C(F)(F)F)c1)=C3C#N. The second-order valence-electron chi connectivity index (χ2n) is 10.7. The van der Waals surface area contributed by atoms with Crippen LogP contribution in [0, 0.1) is 108 Å². The predicted molar refractivity (Wildman–Crippen MR) is 166 cm³/mol. The highest BCUT2D eigenvalue weighted by molar-refractivity contribution is 6.31. The summed E-state index contributed by atoms with van der Waals surface area (Å²) in [5, 5.41) is 90.2. The van der Waals surface area contributed by atoms with Crippen molar-refractivity contribution >= 4 is 33.4 Å². The molecule has 0 saturated carbocycles.